The number of carbonyl (C=O) groups excluding carboxylic acids is 3. The van der Waals surface area contributed by atoms with Gasteiger partial charge >= 0.3 is 0 Å². The van der Waals surface area contributed by atoms with Gasteiger partial charge in [-0.1, -0.05) is 43.7 Å². The molecule has 2 aromatic rings. The fourth-order valence-electron chi connectivity index (χ4n) is 3.42. The summed E-state index contributed by atoms with van der Waals surface area (Å²) >= 11 is 0. The van der Waals surface area contributed by atoms with Gasteiger partial charge in [-0.25, -0.2) is 0 Å². The van der Waals surface area contributed by atoms with Crippen LogP contribution < -0.4 is 10.0 Å². The first-order valence-electron chi connectivity index (χ1n) is 9.69. The second-order valence-corrected chi connectivity index (χ2v) is 7.09. The standard InChI is InChI=1S/C15H8O4.C9H15N/c16-13-9-3-1-2-4-10(9)14(17)12-7-8(15(18)19)5-6-11(12)13;1-3-4-6-9-7-5-8-10(9)2/h1-7H,(H,18,19);5,7-8H,3-4,6H2,1-2H3. The highest BCUT2D eigenvalue weighted by molar-refractivity contribution is 6.28. The van der Waals surface area contributed by atoms with Crippen LogP contribution in [0.15, 0.2) is 66.5 Å². The molecule has 0 bridgehead atoms. The summed E-state index contributed by atoms with van der Waals surface area (Å²) < 4.78 is 0. The maximum Gasteiger partial charge on any atom is 0.194 e. The van der Waals surface area contributed by atoms with Crippen LogP contribution in [0.3, 0.4) is 0 Å². The Labute approximate surface area is 170 Å². The molecule has 2 aliphatic rings. The van der Waals surface area contributed by atoms with Gasteiger partial charge in [-0.15, -0.1) is 0 Å². The molecule has 2 aromatic carbocycles. The van der Waals surface area contributed by atoms with Gasteiger partial charge in [-0.3, -0.25) is 14.5 Å². The third-order valence-corrected chi connectivity index (χ3v) is 5.11. The van der Waals surface area contributed by atoms with E-state index in [9.17, 15) is 19.5 Å². The minimum absolute atomic E-state index is 0.112. The number of carbonyl (C=O) groups is 3. The van der Waals surface area contributed by atoms with Gasteiger partial charge in [0.2, 0.25) is 0 Å². The number of benzene rings is 2. The number of hydrogen-bond acceptors (Lipinski definition) is 4. The van der Waals surface area contributed by atoms with E-state index in [1.54, 1.807) is 24.3 Å². The molecule has 4 rings (SSSR count). The summed E-state index contributed by atoms with van der Waals surface area (Å²) in [5.74, 6) is -1.98. The number of carboxylic acids is 1. The Kier molecular flexibility index (Phi) is 6.20. The third-order valence-electron chi connectivity index (χ3n) is 5.11. The monoisotopic (exact) mass is 389 g/mol. The van der Waals surface area contributed by atoms with E-state index in [1.807, 2.05) is 0 Å². The molecule has 5 nitrogen and oxygen atoms in total. The van der Waals surface area contributed by atoms with Crippen molar-refractivity contribution in [2.45, 2.75) is 26.2 Å². The van der Waals surface area contributed by atoms with Gasteiger partial charge in [0.05, 0.1) is 19.2 Å². The molecule has 0 fully saturated rings. The minimum Gasteiger partial charge on any atom is -0.545 e. The van der Waals surface area contributed by atoms with Gasteiger partial charge in [0.25, 0.3) is 0 Å². The van der Waals surface area contributed by atoms with Crippen LogP contribution in [0.25, 0.3) is 0 Å². The number of hydrogen-bond donors (Lipinski definition) is 1. The van der Waals surface area contributed by atoms with Gasteiger partial charge in [-0.05, 0) is 30.2 Å². The summed E-state index contributed by atoms with van der Waals surface area (Å²) in [6.07, 6.45) is 10.4. The van der Waals surface area contributed by atoms with E-state index in [0.29, 0.717) is 11.1 Å². The van der Waals surface area contributed by atoms with Crippen molar-refractivity contribution in [3.05, 3.63) is 94.3 Å². The molecule has 1 aliphatic carbocycles. The van der Waals surface area contributed by atoms with Crippen LogP contribution in [0.4, 0.5) is 0 Å². The number of quaternary nitrogens is 1. The van der Waals surface area contributed by atoms with Crippen molar-refractivity contribution in [1.29, 1.82) is 0 Å². The summed E-state index contributed by atoms with van der Waals surface area (Å²) in [5, 5.41) is 10.8. The highest BCUT2D eigenvalue weighted by Crippen LogP contribution is 2.27. The highest BCUT2D eigenvalue weighted by Gasteiger charge is 2.29. The van der Waals surface area contributed by atoms with Gasteiger partial charge in [-0.2, -0.15) is 0 Å². The summed E-state index contributed by atoms with van der Waals surface area (Å²) in [4.78, 5) is 36.7. The van der Waals surface area contributed by atoms with Gasteiger partial charge in [0.15, 0.2) is 11.6 Å². The van der Waals surface area contributed by atoms with Crippen LogP contribution in [0.5, 0.6) is 0 Å². The highest BCUT2D eigenvalue weighted by atomic mass is 16.4. The van der Waals surface area contributed by atoms with Crippen molar-refractivity contribution in [3.63, 3.8) is 0 Å². The predicted octanol–water partition coefficient (Wildman–Crippen LogP) is 1.93. The molecule has 1 aliphatic heterocycles. The smallest absolute Gasteiger partial charge is 0.194 e. The molecule has 0 saturated carbocycles. The molecule has 1 unspecified atom stereocenters. The summed E-state index contributed by atoms with van der Waals surface area (Å²) in [5.41, 5.74) is 2.41. The van der Waals surface area contributed by atoms with Crippen LogP contribution in [0, 0.1) is 0 Å². The molecule has 0 aromatic heterocycles. The predicted molar refractivity (Wildman–Crippen MR) is 108 cm³/mol. The van der Waals surface area contributed by atoms with Crippen LogP contribution in [-0.2, 0) is 0 Å². The van der Waals surface area contributed by atoms with Crippen LogP contribution in [0.1, 0.15) is 68.4 Å². The van der Waals surface area contributed by atoms with Gasteiger partial charge < -0.3 is 9.90 Å². The number of fused-ring (bicyclic) bond motifs is 2. The minimum atomic E-state index is -1.37. The van der Waals surface area contributed by atoms with E-state index in [0.717, 1.165) is 0 Å². The zero-order valence-electron chi connectivity index (χ0n) is 16.5. The van der Waals surface area contributed by atoms with Crippen molar-refractivity contribution >= 4 is 17.5 Å². The SMILES string of the molecule is CCCCC1=CC=C[NH+]1C.O=C([O-])c1ccc2c(c1)C(=O)c1ccccc1C2=O. The zero-order chi connectivity index (χ0) is 21.0. The Morgan fingerprint density at radius 2 is 1.59 bits per heavy atom. The number of rotatable bonds is 4. The average molecular weight is 389 g/mol. The molecule has 29 heavy (non-hydrogen) atoms. The molecule has 1 N–H and O–H groups in total. The van der Waals surface area contributed by atoms with Gasteiger partial charge in [0, 0.05) is 34.8 Å². The molecule has 1 atom stereocenters. The van der Waals surface area contributed by atoms with E-state index >= 15 is 0 Å². The fraction of sp³-hybridized carbons (Fsp3) is 0.208. The van der Waals surface area contributed by atoms with Crippen molar-refractivity contribution in [1.82, 2.24) is 0 Å². The number of allylic oxidation sites excluding steroid dienone is 3. The maximum atomic E-state index is 12.3. The Hall–Kier alpha value is -3.31. The van der Waals surface area contributed by atoms with E-state index in [1.165, 1.54) is 48.1 Å². The Morgan fingerprint density at radius 1 is 0.966 bits per heavy atom. The van der Waals surface area contributed by atoms with Crippen molar-refractivity contribution in [3.8, 4) is 0 Å². The Balaban J connectivity index is 0.000000204. The lowest BCUT2D eigenvalue weighted by Gasteiger charge is -2.18. The summed E-state index contributed by atoms with van der Waals surface area (Å²) in [6, 6.07) is 10.3. The number of aromatic carboxylic acids is 1. The Morgan fingerprint density at radius 3 is 2.14 bits per heavy atom. The molecule has 0 spiro atoms. The summed E-state index contributed by atoms with van der Waals surface area (Å²) in [7, 11) is 2.19. The normalized spacial score (nSPS) is 16.5. The number of carboxylic acid groups (broad SMARTS) is 1. The fourth-order valence-corrected chi connectivity index (χ4v) is 3.42. The average Bonchev–Trinajstić information content (AvgIpc) is 3.15. The lowest BCUT2D eigenvalue weighted by atomic mass is 9.83. The van der Waals surface area contributed by atoms with E-state index in [-0.39, 0.29) is 28.3 Å². The number of ketones is 2. The first-order valence-corrected chi connectivity index (χ1v) is 9.69. The summed E-state index contributed by atoms with van der Waals surface area (Å²) in [6.45, 7) is 2.23. The van der Waals surface area contributed by atoms with Gasteiger partial charge in [0.1, 0.15) is 5.70 Å². The largest absolute Gasteiger partial charge is 0.545 e. The molecule has 148 valence electrons. The van der Waals surface area contributed by atoms with Crippen molar-refractivity contribution < 1.29 is 24.4 Å². The van der Waals surface area contributed by atoms with E-state index < -0.39 is 5.97 Å². The lowest BCUT2D eigenvalue weighted by Crippen LogP contribution is -3.01. The van der Waals surface area contributed by atoms with E-state index in [2.05, 4.69) is 32.3 Å². The molecule has 0 amide bonds. The first kappa shape index (κ1) is 20.4. The molecule has 0 radical (unpaired) electrons. The second-order valence-electron chi connectivity index (χ2n) is 7.09. The molecular formula is C24H23NO4. The molecular weight excluding hydrogens is 366 g/mol. The van der Waals surface area contributed by atoms with Crippen molar-refractivity contribution in [2.75, 3.05) is 7.05 Å². The molecule has 5 heteroatoms. The van der Waals surface area contributed by atoms with E-state index in [4.69, 9.17) is 0 Å². The molecule has 0 saturated heterocycles. The zero-order valence-corrected chi connectivity index (χ0v) is 16.5. The van der Waals surface area contributed by atoms with Crippen LogP contribution in [-0.4, -0.2) is 24.6 Å². The topological polar surface area (TPSA) is 78.7 Å². The third kappa shape index (κ3) is 4.25. The quantitative estimate of drug-likeness (QED) is 0.740. The van der Waals surface area contributed by atoms with Crippen LogP contribution in [0.2, 0.25) is 0 Å². The second kappa shape index (κ2) is 8.80. The number of nitrogens with one attached hydrogen (secondary N) is 1. The lowest BCUT2D eigenvalue weighted by molar-refractivity contribution is -0.780. The maximum absolute atomic E-state index is 12.3. The number of unbranched alkanes of at least 4 members (excludes halogenated alkanes) is 1. The van der Waals surface area contributed by atoms with Crippen LogP contribution >= 0.6 is 0 Å². The van der Waals surface area contributed by atoms with Crippen molar-refractivity contribution in [2.24, 2.45) is 0 Å². The Bertz CT molecular complexity index is 1030. The first-order chi connectivity index (χ1) is 13.9. The molecule has 1 heterocycles.